The van der Waals surface area contributed by atoms with E-state index in [0.29, 0.717) is 18.3 Å². The smallest absolute Gasteiger partial charge is 0.248 e. The molecule has 0 fully saturated rings. The Morgan fingerprint density at radius 1 is 1.53 bits per heavy atom. The number of nitrogen functional groups attached to an aromatic ring is 1. The molecular formula is C8H12N6O. The van der Waals surface area contributed by atoms with Crippen molar-refractivity contribution < 1.29 is 4.52 Å². The highest BCUT2D eigenvalue weighted by Gasteiger charge is 2.06. The van der Waals surface area contributed by atoms with Crippen molar-refractivity contribution in [2.45, 2.75) is 26.3 Å². The van der Waals surface area contributed by atoms with Crippen molar-refractivity contribution in [1.29, 1.82) is 0 Å². The van der Waals surface area contributed by atoms with Gasteiger partial charge in [0.15, 0.2) is 11.6 Å². The molecule has 2 aromatic heterocycles. The first kappa shape index (κ1) is 9.63. The molecule has 0 saturated carbocycles. The number of nitrogens with two attached hydrogens (primary N) is 1. The number of aryl methyl sites for hydroxylation is 1. The van der Waals surface area contributed by atoms with Crippen LogP contribution in [0.2, 0.25) is 0 Å². The number of rotatable bonds is 4. The van der Waals surface area contributed by atoms with Crippen molar-refractivity contribution in [3.8, 4) is 0 Å². The van der Waals surface area contributed by atoms with Crippen LogP contribution in [0.5, 0.6) is 0 Å². The Bertz CT molecular complexity index is 434. The summed E-state index contributed by atoms with van der Waals surface area (Å²) in [6.45, 7) is 2.47. The van der Waals surface area contributed by atoms with Gasteiger partial charge in [-0.3, -0.25) is 0 Å². The van der Waals surface area contributed by atoms with Crippen LogP contribution >= 0.6 is 0 Å². The third-order valence-electron chi connectivity index (χ3n) is 1.84. The van der Waals surface area contributed by atoms with E-state index in [9.17, 15) is 0 Å². The van der Waals surface area contributed by atoms with Crippen LogP contribution in [0.1, 0.15) is 25.1 Å². The predicted molar refractivity (Wildman–Crippen MR) is 51.8 cm³/mol. The Morgan fingerprint density at radius 3 is 3.07 bits per heavy atom. The molecule has 0 spiro atoms. The van der Waals surface area contributed by atoms with Crippen molar-refractivity contribution in [3.63, 3.8) is 0 Å². The van der Waals surface area contributed by atoms with Gasteiger partial charge in [-0.25, -0.2) is 4.68 Å². The van der Waals surface area contributed by atoms with Crippen molar-refractivity contribution in [2.75, 3.05) is 5.73 Å². The molecule has 0 aliphatic heterocycles. The molecule has 15 heavy (non-hydrogen) atoms. The van der Waals surface area contributed by atoms with Gasteiger partial charge in [0, 0.05) is 6.42 Å². The van der Waals surface area contributed by atoms with Gasteiger partial charge in [-0.2, -0.15) is 4.98 Å². The summed E-state index contributed by atoms with van der Waals surface area (Å²) >= 11 is 0. The number of hydrogen-bond acceptors (Lipinski definition) is 6. The molecule has 0 aliphatic carbocycles. The average molecular weight is 208 g/mol. The number of aromatic nitrogens is 5. The van der Waals surface area contributed by atoms with Crippen LogP contribution in [0.3, 0.4) is 0 Å². The Hall–Kier alpha value is -1.92. The lowest BCUT2D eigenvalue weighted by Gasteiger charge is -1.91. The Labute approximate surface area is 86.3 Å². The molecular weight excluding hydrogens is 196 g/mol. The zero-order valence-corrected chi connectivity index (χ0v) is 8.42. The lowest BCUT2D eigenvalue weighted by molar-refractivity contribution is 0.359. The van der Waals surface area contributed by atoms with Crippen LogP contribution in [0.15, 0.2) is 10.7 Å². The van der Waals surface area contributed by atoms with E-state index >= 15 is 0 Å². The second kappa shape index (κ2) is 4.07. The van der Waals surface area contributed by atoms with Gasteiger partial charge >= 0.3 is 0 Å². The summed E-state index contributed by atoms with van der Waals surface area (Å²) in [7, 11) is 0. The molecule has 2 N–H and O–H groups in total. The van der Waals surface area contributed by atoms with Gasteiger partial charge in [0.05, 0.1) is 6.20 Å². The van der Waals surface area contributed by atoms with E-state index < -0.39 is 0 Å². The van der Waals surface area contributed by atoms with Gasteiger partial charge in [-0.15, -0.1) is 5.10 Å². The van der Waals surface area contributed by atoms with Crippen LogP contribution in [0, 0.1) is 0 Å². The molecule has 0 bridgehead atoms. The Morgan fingerprint density at radius 2 is 2.40 bits per heavy atom. The van der Waals surface area contributed by atoms with Crippen LogP contribution < -0.4 is 5.73 Å². The lowest BCUT2D eigenvalue weighted by Crippen LogP contribution is -2.01. The molecule has 0 aliphatic rings. The molecule has 0 radical (unpaired) electrons. The van der Waals surface area contributed by atoms with Gasteiger partial charge in [0.1, 0.15) is 6.54 Å². The number of nitrogens with zero attached hydrogens (tertiary/aromatic N) is 5. The number of anilines is 1. The van der Waals surface area contributed by atoms with Gasteiger partial charge < -0.3 is 10.3 Å². The van der Waals surface area contributed by atoms with E-state index in [1.807, 2.05) is 0 Å². The first-order valence-electron chi connectivity index (χ1n) is 4.75. The van der Waals surface area contributed by atoms with Crippen molar-refractivity contribution >= 4 is 5.82 Å². The molecule has 80 valence electrons. The van der Waals surface area contributed by atoms with Crippen LogP contribution in [0.4, 0.5) is 5.82 Å². The molecule has 0 atom stereocenters. The van der Waals surface area contributed by atoms with Crippen molar-refractivity contribution in [1.82, 2.24) is 25.1 Å². The quantitative estimate of drug-likeness (QED) is 0.773. The fourth-order valence-electron chi connectivity index (χ4n) is 1.21. The van der Waals surface area contributed by atoms with Gasteiger partial charge in [0.2, 0.25) is 5.89 Å². The van der Waals surface area contributed by atoms with E-state index in [2.05, 4.69) is 27.4 Å². The average Bonchev–Trinajstić information content (AvgIpc) is 2.78. The maximum atomic E-state index is 5.42. The fourth-order valence-corrected chi connectivity index (χ4v) is 1.21. The largest absolute Gasteiger partial charge is 0.381 e. The maximum Gasteiger partial charge on any atom is 0.248 e. The monoisotopic (exact) mass is 208 g/mol. The summed E-state index contributed by atoms with van der Waals surface area (Å²) in [6, 6.07) is 0. The minimum atomic E-state index is 0.378. The maximum absolute atomic E-state index is 5.42. The topological polar surface area (TPSA) is 95.7 Å². The molecule has 7 heteroatoms. The fraction of sp³-hybridized carbons (Fsp3) is 0.500. The predicted octanol–water partition coefficient (Wildman–Crippen LogP) is 0.244. The highest BCUT2D eigenvalue weighted by atomic mass is 16.5. The van der Waals surface area contributed by atoms with Crippen LogP contribution in [-0.4, -0.2) is 25.1 Å². The summed E-state index contributed by atoms with van der Waals surface area (Å²) in [6.07, 6.45) is 3.43. The Kier molecular flexibility index (Phi) is 2.61. The third-order valence-corrected chi connectivity index (χ3v) is 1.84. The molecule has 7 nitrogen and oxygen atoms in total. The summed E-state index contributed by atoms with van der Waals surface area (Å²) in [5, 5.41) is 11.3. The van der Waals surface area contributed by atoms with Gasteiger partial charge in [-0.05, 0) is 6.42 Å². The molecule has 0 unspecified atom stereocenters. The first-order valence-corrected chi connectivity index (χ1v) is 4.75. The van der Waals surface area contributed by atoms with E-state index in [1.165, 1.54) is 0 Å². The standard InChI is InChI=1S/C8H12N6O/c1-2-3-7-10-8(15-12-7)5-14-4-6(9)11-13-14/h4H,2-3,5,9H2,1H3. The van der Waals surface area contributed by atoms with Crippen LogP contribution in [-0.2, 0) is 13.0 Å². The zero-order chi connectivity index (χ0) is 10.7. The number of hydrogen-bond donors (Lipinski definition) is 1. The summed E-state index contributed by atoms with van der Waals surface area (Å²) in [4.78, 5) is 4.20. The summed E-state index contributed by atoms with van der Waals surface area (Å²) in [5.74, 6) is 1.62. The molecule has 2 aromatic rings. The molecule has 0 amide bonds. The summed E-state index contributed by atoms with van der Waals surface area (Å²) in [5.41, 5.74) is 5.42. The minimum Gasteiger partial charge on any atom is -0.381 e. The van der Waals surface area contributed by atoms with E-state index in [-0.39, 0.29) is 0 Å². The van der Waals surface area contributed by atoms with Gasteiger partial charge in [-0.1, -0.05) is 17.3 Å². The zero-order valence-electron chi connectivity index (χ0n) is 8.42. The molecule has 0 saturated heterocycles. The molecule has 2 heterocycles. The second-order valence-corrected chi connectivity index (χ2v) is 3.20. The van der Waals surface area contributed by atoms with Crippen molar-refractivity contribution in [2.24, 2.45) is 0 Å². The first-order chi connectivity index (χ1) is 7.28. The normalized spacial score (nSPS) is 10.7. The SMILES string of the molecule is CCCc1noc(Cn2cc(N)nn2)n1. The third kappa shape index (κ3) is 2.30. The van der Waals surface area contributed by atoms with Gasteiger partial charge in [0.25, 0.3) is 0 Å². The van der Waals surface area contributed by atoms with E-state index in [0.717, 1.165) is 18.7 Å². The molecule has 2 rings (SSSR count). The Balaban J connectivity index is 2.04. The van der Waals surface area contributed by atoms with E-state index in [4.69, 9.17) is 10.3 Å². The highest BCUT2D eigenvalue weighted by molar-refractivity contribution is 5.19. The van der Waals surface area contributed by atoms with E-state index in [1.54, 1.807) is 10.9 Å². The minimum absolute atomic E-state index is 0.378. The summed E-state index contributed by atoms with van der Waals surface area (Å²) < 4.78 is 6.59. The van der Waals surface area contributed by atoms with Crippen LogP contribution in [0.25, 0.3) is 0 Å². The molecule has 0 aromatic carbocycles. The lowest BCUT2D eigenvalue weighted by atomic mass is 10.3. The van der Waals surface area contributed by atoms with Crippen molar-refractivity contribution in [3.05, 3.63) is 17.9 Å². The highest BCUT2D eigenvalue weighted by Crippen LogP contribution is 2.02. The second-order valence-electron chi connectivity index (χ2n) is 3.20.